The normalized spacial score (nSPS) is 14.6. The summed E-state index contributed by atoms with van der Waals surface area (Å²) in [6, 6.07) is 12.8. The van der Waals surface area contributed by atoms with E-state index in [9.17, 15) is 0 Å². The summed E-state index contributed by atoms with van der Waals surface area (Å²) >= 11 is 1.77. The zero-order chi connectivity index (χ0) is 13.1. The zero-order valence-electron chi connectivity index (χ0n) is 11.0. The van der Waals surface area contributed by atoms with Crippen LogP contribution in [-0.4, -0.2) is 19.6 Å². The predicted molar refractivity (Wildman–Crippen MR) is 82.0 cm³/mol. The Morgan fingerprint density at radius 2 is 2.21 bits per heavy atom. The van der Waals surface area contributed by atoms with Crippen molar-refractivity contribution in [2.75, 3.05) is 18.5 Å². The molecular formula is C15H17N3S. The second-order valence-corrected chi connectivity index (χ2v) is 5.54. The van der Waals surface area contributed by atoms with Gasteiger partial charge >= 0.3 is 0 Å². The first kappa shape index (κ1) is 12.2. The summed E-state index contributed by atoms with van der Waals surface area (Å²) in [5.74, 6) is 0.957. The van der Waals surface area contributed by atoms with Crippen molar-refractivity contribution in [2.24, 2.45) is 4.99 Å². The van der Waals surface area contributed by atoms with Crippen LogP contribution in [0, 0.1) is 0 Å². The van der Waals surface area contributed by atoms with Gasteiger partial charge in [0, 0.05) is 24.2 Å². The molecule has 4 heteroatoms. The topological polar surface area (TPSA) is 27.6 Å². The predicted octanol–water partition coefficient (Wildman–Crippen LogP) is 2.89. The number of hydrogen-bond donors (Lipinski definition) is 1. The van der Waals surface area contributed by atoms with E-state index >= 15 is 0 Å². The number of benzene rings is 1. The minimum atomic E-state index is 0.836. The maximum absolute atomic E-state index is 4.40. The van der Waals surface area contributed by atoms with Crippen molar-refractivity contribution < 1.29 is 0 Å². The highest BCUT2D eigenvalue weighted by atomic mass is 32.1. The number of nitrogens with one attached hydrogen (secondary N) is 1. The van der Waals surface area contributed by atoms with Crippen molar-refractivity contribution in [1.82, 2.24) is 5.32 Å². The van der Waals surface area contributed by atoms with Gasteiger partial charge < -0.3 is 10.2 Å². The summed E-state index contributed by atoms with van der Waals surface area (Å²) in [6.45, 7) is 1.84. The van der Waals surface area contributed by atoms with Crippen molar-refractivity contribution in [1.29, 1.82) is 0 Å². The van der Waals surface area contributed by atoms with Crippen LogP contribution in [0.2, 0.25) is 0 Å². The summed E-state index contributed by atoms with van der Waals surface area (Å²) in [4.78, 5) is 8.00. The van der Waals surface area contributed by atoms with E-state index in [0.29, 0.717) is 0 Å². The summed E-state index contributed by atoms with van der Waals surface area (Å²) in [5, 5.41) is 5.54. The van der Waals surface area contributed by atoms with Gasteiger partial charge in [-0.2, -0.15) is 0 Å². The molecule has 98 valence electrons. The van der Waals surface area contributed by atoms with Crippen LogP contribution < -0.4 is 10.2 Å². The Bertz CT molecular complexity index is 575. The van der Waals surface area contributed by atoms with E-state index in [-0.39, 0.29) is 0 Å². The van der Waals surface area contributed by atoms with E-state index in [1.165, 1.54) is 16.1 Å². The highest BCUT2D eigenvalue weighted by molar-refractivity contribution is 7.09. The number of thiophene rings is 1. The molecule has 0 aliphatic carbocycles. The van der Waals surface area contributed by atoms with Crippen molar-refractivity contribution in [3.05, 3.63) is 52.2 Å². The van der Waals surface area contributed by atoms with E-state index in [2.05, 4.69) is 57.0 Å². The van der Waals surface area contributed by atoms with Crippen LogP contribution >= 0.6 is 11.3 Å². The van der Waals surface area contributed by atoms with Gasteiger partial charge in [-0.25, -0.2) is 0 Å². The molecule has 1 aromatic heterocycles. The van der Waals surface area contributed by atoms with Crippen LogP contribution in [0.5, 0.6) is 0 Å². The fourth-order valence-electron chi connectivity index (χ4n) is 2.43. The molecule has 2 heterocycles. The summed E-state index contributed by atoms with van der Waals surface area (Å²) in [5.41, 5.74) is 2.68. The summed E-state index contributed by atoms with van der Waals surface area (Å²) in [6.07, 6.45) is 1.09. The molecule has 0 saturated heterocycles. The van der Waals surface area contributed by atoms with Gasteiger partial charge in [-0.3, -0.25) is 4.99 Å². The minimum absolute atomic E-state index is 0.836. The van der Waals surface area contributed by atoms with Crippen molar-refractivity contribution in [3.63, 3.8) is 0 Å². The molecule has 0 spiro atoms. The van der Waals surface area contributed by atoms with Gasteiger partial charge in [0.1, 0.15) is 0 Å². The van der Waals surface area contributed by atoms with Gasteiger partial charge in [0.05, 0.1) is 6.54 Å². The third kappa shape index (κ3) is 2.49. The molecule has 1 aromatic carbocycles. The van der Waals surface area contributed by atoms with E-state index in [0.717, 1.165) is 25.5 Å². The maximum Gasteiger partial charge on any atom is 0.198 e. The Morgan fingerprint density at radius 1 is 1.32 bits per heavy atom. The highest BCUT2D eigenvalue weighted by Crippen LogP contribution is 2.27. The molecule has 19 heavy (non-hydrogen) atoms. The number of nitrogens with zero attached hydrogens (tertiary/aromatic N) is 2. The Labute approximate surface area is 117 Å². The lowest BCUT2D eigenvalue weighted by molar-refractivity contribution is 0.879. The van der Waals surface area contributed by atoms with Gasteiger partial charge in [0.15, 0.2) is 5.96 Å². The molecule has 0 amide bonds. The average molecular weight is 271 g/mol. The molecule has 0 radical (unpaired) electrons. The molecule has 0 saturated carbocycles. The molecule has 3 rings (SSSR count). The smallest absolute Gasteiger partial charge is 0.198 e. The second kappa shape index (κ2) is 5.45. The lowest BCUT2D eigenvalue weighted by Gasteiger charge is -2.22. The van der Waals surface area contributed by atoms with Gasteiger partial charge in [-0.15, -0.1) is 11.3 Å². The number of para-hydroxylation sites is 1. The summed E-state index contributed by atoms with van der Waals surface area (Å²) in [7, 11) is 1.84. The maximum atomic E-state index is 4.40. The molecule has 0 bridgehead atoms. The first-order valence-electron chi connectivity index (χ1n) is 6.47. The molecule has 1 aliphatic heterocycles. The minimum Gasteiger partial charge on any atom is -0.351 e. The molecule has 1 N–H and O–H groups in total. The van der Waals surface area contributed by atoms with Gasteiger partial charge in [0.2, 0.25) is 0 Å². The van der Waals surface area contributed by atoms with Crippen LogP contribution in [0.1, 0.15) is 10.4 Å². The van der Waals surface area contributed by atoms with Crippen LogP contribution in [0.15, 0.2) is 46.8 Å². The van der Waals surface area contributed by atoms with Crippen LogP contribution in [-0.2, 0) is 13.0 Å². The second-order valence-electron chi connectivity index (χ2n) is 4.51. The number of guanidine groups is 1. The average Bonchev–Trinajstić information content (AvgIpc) is 3.09. The van der Waals surface area contributed by atoms with Crippen LogP contribution in [0.25, 0.3) is 0 Å². The zero-order valence-corrected chi connectivity index (χ0v) is 11.8. The third-order valence-electron chi connectivity index (χ3n) is 3.36. The number of aliphatic imine (C=N–C) groups is 1. The lowest BCUT2D eigenvalue weighted by Crippen LogP contribution is -2.40. The Balaban J connectivity index is 1.74. The fourth-order valence-corrected chi connectivity index (χ4v) is 3.08. The number of hydrogen-bond acceptors (Lipinski definition) is 2. The van der Waals surface area contributed by atoms with Crippen molar-refractivity contribution >= 4 is 23.0 Å². The van der Waals surface area contributed by atoms with E-state index in [1.54, 1.807) is 11.3 Å². The third-order valence-corrected chi connectivity index (χ3v) is 4.23. The number of anilines is 1. The molecule has 2 aromatic rings. The van der Waals surface area contributed by atoms with E-state index < -0.39 is 0 Å². The van der Waals surface area contributed by atoms with Gasteiger partial charge in [-0.05, 0) is 29.5 Å². The first-order valence-corrected chi connectivity index (χ1v) is 7.35. The SMILES string of the molecule is CN=C(NCc1cccs1)N1CCc2ccccc21. The van der Waals surface area contributed by atoms with Crippen molar-refractivity contribution in [3.8, 4) is 0 Å². The summed E-state index contributed by atoms with van der Waals surface area (Å²) < 4.78 is 0. The van der Waals surface area contributed by atoms with E-state index in [4.69, 9.17) is 0 Å². The van der Waals surface area contributed by atoms with Gasteiger partial charge in [-0.1, -0.05) is 24.3 Å². The standard InChI is InChI=1S/C15H17N3S/c1-16-15(17-11-13-6-4-10-19-13)18-9-8-12-5-2-3-7-14(12)18/h2-7,10H,8-9,11H2,1H3,(H,16,17). The Hall–Kier alpha value is -1.81. The molecular weight excluding hydrogens is 254 g/mol. The van der Waals surface area contributed by atoms with Crippen LogP contribution in [0.4, 0.5) is 5.69 Å². The highest BCUT2D eigenvalue weighted by Gasteiger charge is 2.22. The Morgan fingerprint density at radius 3 is 3.00 bits per heavy atom. The molecule has 0 atom stereocenters. The largest absolute Gasteiger partial charge is 0.351 e. The van der Waals surface area contributed by atoms with Crippen molar-refractivity contribution in [2.45, 2.75) is 13.0 Å². The molecule has 0 unspecified atom stereocenters. The molecule has 1 aliphatic rings. The number of fused-ring (bicyclic) bond motifs is 1. The first-order chi connectivity index (χ1) is 9.38. The number of rotatable bonds is 2. The quantitative estimate of drug-likeness (QED) is 0.672. The molecule has 3 nitrogen and oxygen atoms in total. The molecule has 0 fully saturated rings. The van der Waals surface area contributed by atoms with Crippen LogP contribution in [0.3, 0.4) is 0 Å². The fraction of sp³-hybridized carbons (Fsp3) is 0.267. The Kier molecular flexibility index (Phi) is 3.51. The lowest BCUT2D eigenvalue weighted by atomic mass is 10.2. The van der Waals surface area contributed by atoms with E-state index in [1.807, 2.05) is 7.05 Å². The monoisotopic (exact) mass is 271 g/mol. The van der Waals surface area contributed by atoms with Gasteiger partial charge in [0.25, 0.3) is 0 Å².